The van der Waals surface area contributed by atoms with Gasteiger partial charge in [0.2, 0.25) is 0 Å². The number of phenolic OH excluding ortho intramolecular Hbond substituents is 1. The zero-order valence-corrected chi connectivity index (χ0v) is 17.1. The number of aromatic nitrogens is 1. The Hall–Kier alpha value is -2.50. The highest BCUT2D eigenvalue weighted by Crippen LogP contribution is 2.43. The summed E-state index contributed by atoms with van der Waals surface area (Å²) in [6.07, 6.45) is 2.72. The smallest absolute Gasteiger partial charge is 0.123 e. The second-order valence-corrected chi connectivity index (χ2v) is 8.76. The second kappa shape index (κ2) is 7.64. The maximum absolute atomic E-state index is 13.4. The Morgan fingerprint density at radius 3 is 2.67 bits per heavy atom. The third-order valence-corrected chi connectivity index (χ3v) is 7.11. The van der Waals surface area contributed by atoms with Crippen LogP contribution in [0, 0.1) is 17.7 Å². The minimum Gasteiger partial charge on any atom is -0.508 e. The maximum atomic E-state index is 13.4. The quantitative estimate of drug-likeness (QED) is 0.647. The normalized spacial score (nSPS) is 26.8. The Bertz CT molecular complexity index is 1070. The van der Waals surface area contributed by atoms with E-state index in [1.54, 1.807) is 30.3 Å². The summed E-state index contributed by atoms with van der Waals surface area (Å²) in [7, 11) is 0. The minimum absolute atomic E-state index is 0.0700. The molecule has 0 amide bonds. The van der Waals surface area contributed by atoms with E-state index in [2.05, 4.69) is 11.8 Å². The molecule has 3 aromatic rings. The van der Waals surface area contributed by atoms with Crippen molar-refractivity contribution in [2.75, 3.05) is 13.1 Å². The number of aliphatic hydroxyl groups excluding tert-OH is 1. The summed E-state index contributed by atoms with van der Waals surface area (Å²) in [5, 5.41) is 22.4. The molecule has 2 N–H and O–H groups in total. The zero-order valence-electron chi connectivity index (χ0n) is 17.1. The van der Waals surface area contributed by atoms with Crippen LogP contribution in [0.25, 0.3) is 22.2 Å². The van der Waals surface area contributed by atoms with Crippen molar-refractivity contribution in [2.45, 2.75) is 38.3 Å². The summed E-state index contributed by atoms with van der Waals surface area (Å²) in [5.74, 6) is 1.25. The van der Waals surface area contributed by atoms with Crippen LogP contribution in [-0.4, -0.2) is 39.2 Å². The number of hydrogen-bond donors (Lipinski definition) is 2. The molecule has 2 bridgehead atoms. The number of aliphatic hydroxyl groups is 1. The summed E-state index contributed by atoms with van der Waals surface area (Å²) in [6, 6.07) is 13.3. The monoisotopic (exact) mass is 406 g/mol. The SMILES string of the molecule is CC[C@H]1CN2CC[C@@H]1CC2[C@H](O)c1cc(-c2ccc(F)cc2)nc2ccc(O)cc12. The van der Waals surface area contributed by atoms with Gasteiger partial charge in [0, 0.05) is 23.5 Å². The molecule has 156 valence electrons. The van der Waals surface area contributed by atoms with Gasteiger partial charge in [-0.15, -0.1) is 0 Å². The van der Waals surface area contributed by atoms with E-state index in [1.165, 1.54) is 25.0 Å². The van der Waals surface area contributed by atoms with Gasteiger partial charge in [-0.2, -0.15) is 0 Å². The number of fused-ring (bicyclic) bond motifs is 4. The van der Waals surface area contributed by atoms with Crippen molar-refractivity contribution in [3.63, 3.8) is 0 Å². The number of phenols is 1. The predicted molar refractivity (Wildman–Crippen MR) is 116 cm³/mol. The molecule has 0 saturated carbocycles. The first-order valence-electron chi connectivity index (χ1n) is 10.8. The molecule has 0 aliphatic carbocycles. The van der Waals surface area contributed by atoms with E-state index in [0.717, 1.165) is 41.9 Å². The molecule has 5 atom stereocenters. The molecule has 3 aliphatic heterocycles. The van der Waals surface area contributed by atoms with Gasteiger partial charge < -0.3 is 10.2 Å². The first-order chi connectivity index (χ1) is 14.5. The third-order valence-electron chi connectivity index (χ3n) is 7.11. The van der Waals surface area contributed by atoms with Crippen LogP contribution in [0.5, 0.6) is 5.75 Å². The van der Waals surface area contributed by atoms with Crippen LogP contribution < -0.4 is 0 Å². The number of aromatic hydroxyl groups is 1. The highest BCUT2D eigenvalue weighted by atomic mass is 19.1. The van der Waals surface area contributed by atoms with Crippen LogP contribution in [0.15, 0.2) is 48.5 Å². The Labute approximate surface area is 176 Å². The number of rotatable bonds is 4. The van der Waals surface area contributed by atoms with Crippen molar-refractivity contribution >= 4 is 10.9 Å². The first-order valence-corrected chi connectivity index (χ1v) is 10.8. The third kappa shape index (κ3) is 3.36. The van der Waals surface area contributed by atoms with Gasteiger partial charge in [0.15, 0.2) is 0 Å². The predicted octanol–water partition coefficient (Wildman–Crippen LogP) is 4.90. The van der Waals surface area contributed by atoms with E-state index < -0.39 is 6.10 Å². The molecular formula is C25H27FN2O2. The Morgan fingerprint density at radius 2 is 1.97 bits per heavy atom. The van der Waals surface area contributed by atoms with E-state index in [-0.39, 0.29) is 17.6 Å². The molecule has 2 unspecified atom stereocenters. The van der Waals surface area contributed by atoms with E-state index >= 15 is 0 Å². The Morgan fingerprint density at radius 1 is 1.17 bits per heavy atom. The van der Waals surface area contributed by atoms with Crippen molar-refractivity contribution < 1.29 is 14.6 Å². The van der Waals surface area contributed by atoms with Gasteiger partial charge in [-0.25, -0.2) is 9.37 Å². The lowest BCUT2D eigenvalue weighted by Crippen LogP contribution is -2.55. The summed E-state index contributed by atoms with van der Waals surface area (Å²) >= 11 is 0. The first kappa shape index (κ1) is 19.5. The molecular weight excluding hydrogens is 379 g/mol. The van der Waals surface area contributed by atoms with Crippen LogP contribution in [0.2, 0.25) is 0 Å². The van der Waals surface area contributed by atoms with Gasteiger partial charge in [-0.3, -0.25) is 4.90 Å². The van der Waals surface area contributed by atoms with Crippen molar-refractivity contribution in [3.8, 4) is 17.0 Å². The maximum Gasteiger partial charge on any atom is 0.123 e. The fourth-order valence-corrected chi connectivity index (χ4v) is 5.43. The molecule has 0 radical (unpaired) electrons. The Kier molecular flexibility index (Phi) is 4.95. The zero-order chi connectivity index (χ0) is 20.8. The Balaban J connectivity index is 1.58. The fourth-order valence-electron chi connectivity index (χ4n) is 5.43. The number of nitrogens with zero attached hydrogens (tertiary/aromatic N) is 2. The second-order valence-electron chi connectivity index (χ2n) is 8.76. The number of benzene rings is 2. The van der Waals surface area contributed by atoms with E-state index in [9.17, 15) is 14.6 Å². The molecule has 2 aromatic carbocycles. The molecule has 3 saturated heterocycles. The van der Waals surface area contributed by atoms with E-state index in [0.29, 0.717) is 17.1 Å². The fraction of sp³-hybridized carbons (Fsp3) is 0.400. The van der Waals surface area contributed by atoms with Crippen molar-refractivity contribution in [1.29, 1.82) is 0 Å². The standard InChI is InChI=1S/C25H27FN2O2/c1-2-15-14-28-10-9-17(15)11-24(28)25(30)21-13-23(16-3-5-18(26)6-4-16)27-22-8-7-19(29)12-20(21)22/h3-8,12-13,15,17,24-25,29-30H,2,9-11,14H2,1H3/t15-,17+,24?,25+/m0/s1. The van der Waals surface area contributed by atoms with E-state index in [1.807, 2.05) is 6.07 Å². The lowest BCUT2D eigenvalue weighted by Gasteiger charge is -2.51. The molecule has 3 aliphatic rings. The molecule has 4 heterocycles. The molecule has 3 fully saturated rings. The number of hydrogen-bond acceptors (Lipinski definition) is 4. The van der Waals surface area contributed by atoms with Crippen molar-refractivity contribution in [1.82, 2.24) is 9.88 Å². The lowest BCUT2D eigenvalue weighted by molar-refractivity contribution is -0.0562. The minimum atomic E-state index is -0.669. The summed E-state index contributed by atoms with van der Waals surface area (Å²) in [4.78, 5) is 7.16. The highest BCUT2D eigenvalue weighted by molar-refractivity contribution is 5.86. The number of halogens is 1. The van der Waals surface area contributed by atoms with Crippen LogP contribution in [0.4, 0.5) is 4.39 Å². The van der Waals surface area contributed by atoms with Gasteiger partial charge in [0.25, 0.3) is 0 Å². The number of piperidine rings is 3. The highest BCUT2D eigenvalue weighted by Gasteiger charge is 2.42. The van der Waals surface area contributed by atoms with Gasteiger partial charge in [0.1, 0.15) is 11.6 Å². The molecule has 30 heavy (non-hydrogen) atoms. The van der Waals surface area contributed by atoms with Crippen LogP contribution in [-0.2, 0) is 0 Å². The van der Waals surface area contributed by atoms with Gasteiger partial charge in [-0.1, -0.05) is 13.3 Å². The molecule has 4 nitrogen and oxygen atoms in total. The van der Waals surface area contributed by atoms with Crippen molar-refractivity contribution in [3.05, 3.63) is 59.9 Å². The van der Waals surface area contributed by atoms with Gasteiger partial charge >= 0.3 is 0 Å². The van der Waals surface area contributed by atoms with Crippen LogP contribution in [0.1, 0.15) is 37.9 Å². The largest absolute Gasteiger partial charge is 0.508 e. The average Bonchev–Trinajstić information content (AvgIpc) is 2.78. The van der Waals surface area contributed by atoms with E-state index in [4.69, 9.17) is 4.98 Å². The molecule has 5 heteroatoms. The lowest BCUT2D eigenvalue weighted by atomic mass is 9.72. The summed E-state index contributed by atoms with van der Waals surface area (Å²) in [6.45, 7) is 4.33. The van der Waals surface area contributed by atoms with Crippen LogP contribution >= 0.6 is 0 Å². The summed E-state index contributed by atoms with van der Waals surface area (Å²) < 4.78 is 13.4. The topological polar surface area (TPSA) is 56.6 Å². The van der Waals surface area contributed by atoms with Crippen LogP contribution in [0.3, 0.4) is 0 Å². The average molecular weight is 407 g/mol. The van der Waals surface area contributed by atoms with Gasteiger partial charge in [-0.05, 0) is 85.3 Å². The molecule has 0 spiro atoms. The van der Waals surface area contributed by atoms with Crippen molar-refractivity contribution in [2.24, 2.45) is 11.8 Å². The van der Waals surface area contributed by atoms with Gasteiger partial charge in [0.05, 0.1) is 17.3 Å². The molecule has 1 aromatic heterocycles. The number of pyridine rings is 1. The summed E-state index contributed by atoms with van der Waals surface area (Å²) in [5.41, 5.74) is 2.99. The molecule has 6 rings (SSSR count).